The average Bonchev–Trinajstić information content (AvgIpc) is 2.75. The summed E-state index contributed by atoms with van der Waals surface area (Å²) in [6, 6.07) is 7.12. The summed E-state index contributed by atoms with van der Waals surface area (Å²) < 4.78 is 4.51. The second kappa shape index (κ2) is 4.56. The molecule has 1 unspecified atom stereocenters. The largest absolute Gasteiger partial charge is 0.331 e. The van der Waals surface area contributed by atoms with Gasteiger partial charge in [-0.2, -0.15) is 0 Å². The van der Waals surface area contributed by atoms with E-state index in [0.717, 1.165) is 17.2 Å². The number of nitrogens with zero attached hydrogens (tertiary/aromatic N) is 2. The molecule has 4 heterocycles. The third-order valence-electron chi connectivity index (χ3n) is 4.63. The molecule has 2 bridgehead atoms. The number of aromatic nitrogens is 2. The maximum Gasteiger partial charge on any atom is 0.178 e. The van der Waals surface area contributed by atoms with Gasteiger partial charge < -0.3 is 14.5 Å². The van der Waals surface area contributed by atoms with Gasteiger partial charge in [-0.3, -0.25) is 0 Å². The molecule has 3 fully saturated rings. The highest BCUT2D eigenvalue weighted by molar-refractivity contribution is 14.1. The van der Waals surface area contributed by atoms with Crippen LogP contribution in [0.2, 0.25) is 0 Å². The summed E-state index contributed by atoms with van der Waals surface area (Å²) in [5, 5.41) is 0. The van der Waals surface area contributed by atoms with E-state index < -0.39 is 0 Å². The lowest BCUT2D eigenvalue weighted by atomic mass is 9.84. The van der Waals surface area contributed by atoms with E-state index in [-0.39, 0.29) is 0 Å². The van der Waals surface area contributed by atoms with Crippen LogP contribution in [0.15, 0.2) is 18.2 Å². The molecule has 5 rings (SSSR count). The molecular formula is C14H16IN3S. The third-order valence-corrected chi connectivity index (χ3v) is 5.60. The molecule has 0 spiro atoms. The quantitative estimate of drug-likeness (QED) is 0.600. The summed E-state index contributed by atoms with van der Waals surface area (Å²) in [7, 11) is 0. The van der Waals surface area contributed by atoms with E-state index in [0.29, 0.717) is 6.04 Å². The van der Waals surface area contributed by atoms with Gasteiger partial charge in [0, 0.05) is 10.1 Å². The number of H-pyrrole nitrogens is 1. The minimum absolute atomic E-state index is 0.559. The van der Waals surface area contributed by atoms with Crippen LogP contribution < -0.4 is 0 Å². The Bertz CT molecular complexity index is 682. The van der Waals surface area contributed by atoms with Crippen LogP contribution in [0.4, 0.5) is 0 Å². The zero-order chi connectivity index (χ0) is 13.0. The Kier molecular flexibility index (Phi) is 2.97. The second-order valence-corrected chi connectivity index (χ2v) is 7.30. The minimum Gasteiger partial charge on any atom is -0.331 e. The SMILES string of the molecule is S=c1[nH]c2cc(I)ccc2n1C1CN2CCC1CC2. The van der Waals surface area contributed by atoms with Crippen LogP contribution in [-0.4, -0.2) is 34.1 Å². The zero-order valence-electron chi connectivity index (χ0n) is 10.6. The highest BCUT2D eigenvalue weighted by atomic mass is 127. The van der Waals surface area contributed by atoms with Crippen LogP contribution in [0.25, 0.3) is 11.0 Å². The summed E-state index contributed by atoms with van der Waals surface area (Å²) in [6.45, 7) is 3.71. The molecule has 1 N–H and O–H groups in total. The maximum absolute atomic E-state index is 5.58. The topological polar surface area (TPSA) is 24.0 Å². The van der Waals surface area contributed by atoms with Crippen LogP contribution >= 0.6 is 34.8 Å². The van der Waals surface area contributed by atoms with E-state index in [9.17, 15) is 0 Å². The molecule has 2 aromatic rings. The fraction of sp³-hybridized carbons (Fsp3) is 0.500. The first-order valence-corrected chi connectivity index (χ1v) is 8.33. The summed E-state index contributed by atoms with van der Waals surface area (Å²) in [6.07, 6.45) is 2.65. The van der Waals surface area contributed by atoms with Gasteiger partial charge in [0.25, 0.3) is 0 Å². The number of benzene rings is 1. The number of nitrogens with one attached hydrogen (secondary N) is 1. The Morgan fingerprint density at radius 2 is 2.05 bits per heavy atom. The lowest BCUT2D eigenvalue weighted by Crippen LogP contribution is -2.48. The Labute approximate surface area is 131 Å². The first kappa shape index (κ1) is 12.3. The van der Waals surface area contributed by atoms with Crippen molar-refractivity contribution >= 4 is 45.8 Å². The van der Waals surface area contributed by atoms with Gasteiger partial charge in [-0.15, -0.1) is 0 Å². The monoisotopic (exact) mass is 385 g/mol. The van der Waals surface area contributed by atoms with Crippen molar-refractivity contribution in [1.29, 1.82) is 0 Å². The molecule has 1 aromatic heterocycles. The van der Waals surface area contributed by atoms with Gasteiger partial charge >= 0.3 is 0 Å². The molecule has 0 radical (unpaired) electrons. The summed E-state index contributed by atoms with van der Waals surface area (Å²) in [4.78, 5) is 5.96. The molecule has 3 nitrogen and oxygen atoms in total. The van der Waals surface area contributed by atoms with Crippen molar-refractivity contribution in [2.75, 3.05) is 19.6 Å². The molecular weight excluding hydrogens is 369 g/mol. The Hall–Kier alpha value is -0.400. The number of piperidine rings is 3. The van der Waals surface area contributed by atoms with Gasteiger partial charge in [-0.25, -0.2) is 0 Å². The fourth-order valence-corrected chi connectivity index (χ4v) is 4.49. The molecule has 3 aliphatic heterocycles. The number of fused-ring (bicyclic) bond motifs is 4. The fourth-order valence-electron chi connectivity index (χ4n) is 3.66. The van der Waals surface area contributed by atoms with Crippen molar-refractivity contribution in [3.63, 3.8) is 0 Å². The molecule has 100 valence electrons. The van der Waals surface area contributed by atoms with E-state index in [1.165, 1.54) is 40.5 Å². The first-order chi connectivity index (χ1) is 9.22. The number of hydrogen-bond acceptors (Lipinski definition) is 2. The lowest BCUT2D eigenvalue weighted by Gasteiger charge is -2.45. The number of imidazole rings is 1. The standard InChI is InChI=1S/C14H16IN3S/c15-10-1-2-12-11(7-10)16-14(19)18(12)13-8-17-5-3-9(13)4-6-17/h1-2,7,9,13H,3-6,8H2,(H,16,19). The molecule has 0 aliphatic carbocycles. The van der Waals surface area contributed by atoms with Gasteiger partial charge in [0.1, 0.15) is 0 Å². The van der Waals surface area contributed by atoms with Crippen molar-refractivity contribution in [3.8, 4) is 0 Å². The van der Waals surface area contributed by atoms with Gasteiger partial charge in [0.2, 0.25) is 0 Å². The van der Waals surface area contributed by atoms with Crippen LogP contribution in [0.3, 0.4) is 0 Å². The molecule has 0 saturated carbocycles. The van der Waals surface area contributed by atoms with E-state index >= 15 is 0 Å². The smallest absolute Gasteiger partial charge is 0.178 e. The van der Waals surface area contributed by atoms with E-state index in [1.807, 2.05) is 0 Å². The predicted octanol–water partition coefficient (Wildman–Crippen LogP) is 3.57. The summed E-state index contributed by atoms with van der Waals surface area (Å²) in [5.74, 6) is 0.801. The van der Waals surface area contributed by atoms with Crippen LogP contribution in [0.5, 0.6) is 0 Å². The van der Waals surface area contributed by atoms with Gasteiger partial charge in [-0.05, 0) is 84.9 Å². The van der Waals surface area contributed by atoms with Crippen molar-refractivity contribution in [2.45, 2.75) is 18.9 Å². The van der Waals surface area contributed by atoms with E-state index in [4.69, 9.17) is 12.2 Å². The van der Waals surface area contributed by atoms with Crippen molar-refractivity contribution in [1.82, 2.24) is 14.5 Å². The first-order valence-electron chi connectivity index (χ1n) is 6.84. The van der Waals surface area contributed by atoms with Crippen LogP contribution in [0.1, 0.15) is 18.9 Å². The average molecular weight is 385 g/mol. The predicted molar refractivity (Wildman–Crippen MR) is 88.0 cm³/mol. The molecule has 1 aromatic carbocycles. The van der Waals surface area contributed by atoms with Crippen molar-refractivity contribution < 1.29 is 0 Å². The van der Waals surface area contributed by atoms with Crippen molar-refractivity contribution in [2.24, 2.45) is 5.92 Å². The molecule has 3 aliphatic rings. The third kappa shape index (κ3) is 1.97. The summed E-state index contributed by atoms with van der Waals surface area (Å²) >= 11 is 7.93. The zero-order valence-corrected chi connectivity index (χ0v) is 13.6. The maximum atomic E-state index is 5.58. The molecule has 5 heteroatoms. The van der Waals surface area contributed by atoms with Gasteiger partial charge in [-0.1, -0.05) is 0 Å². The Morgan fingerprint density at radius 3 is 2.74 bits per heavy atom. The highest BCUT2D eigenvalue weighted by Gasteiger charge is 2.36. The molecule has 19 heavy (non-hydrogen) atoms. The van der Waals surface area contributed by atoms with Gasteiger partial charge in [0.05, 0.1) is 17.1 Å². The number of rotatable bonds is 1. The number of aromatic amines is 1. The minimum atomic E-state index is 0.559. The van der Waals surface area contributed by atoms with Gasteiger partial charge in [0.15, 0.2) is 4.77 Å². The Morgan fingerprint density at radius 1 is 1.26 bits per heavy atom. The van der Waals surface area contributed by atoms with E-state index in [2.05, 4.69) is 55.2 Å². The normalized spacial score (nSPS) is 30.1. The number of halogens is 1. The van der Waals surface area contributed by atoms with Crippen LogP contribution in [0, 0.1) is 14.3 Å². The molecule has 0 amide bonds. The Balaban J connectivity index is 1.87. The second-order valence-electron chi connectivity index (χ2n) is 5.67. The molecule has 1 atom stereocenters. The molecule has 3 saturated heterocycles. The van der Waals surface area contributed by atoms with E-state index in [1.54, 1.807) is 0 Å². The van der Waals surface area contributed by atoms with Crippen molar-refractivity contribution in [3.05, 3.63) is 26.5 Å². The summed E-state index contributed by atoms with van der Waals surface area (Å²) in [5.41, 5.74) is 2.44. The van der Waals surface area contributed by atoms with Crippen LogP contribution in [-0.2, 0) is 0 Å². The number of hydrogen-bond donors (Lipinski definition) is 1. The lowest BCUT2D eigenvalue weighted by molar-refractivity contribution is 0.0582. The highest BCUT2D eigenvalue weighted by Crippen LogP contribution is 2.37.